The first-order valence-electron chi connectivity index (χ1n) is 3.75. The van der Waals surface area contributed by atoms with Gasteiger partial charge >= 0.3 is 0 Å². The summed E-state index contributed by atoms with van der Waals surface area (Å²) in [5.41, 5.74) is 7.87. The summed E-state index contributed by atoms with van der Waals surface area (Å²) in [7, 11) is 0. The van der Waals surface area contributed by atoms with Gasteiger partial charge in [0.25, 0.3) is 0 Å². The van der Waals surface area contributed by atoms with Crippen LogP contribution in [0.5, 0.6) is 0 Å². The molecular formula is C10H13N. The molecule has 0 saturated carbocycles. The van der Waals surface area contributed by atoms with E-state index in [-0.39, 0.29) is 0 Å². The molecule has 0 bridgehead atoms. The predicted octanol–water partition coefficient (Wildman–Crippen LogP) is 2.05. The van der Waals surface area contributed by atoms with Crippen molar-refractivity contribution in [2.24, 2.45) is 5.73 Å². The van der Waals surface area contributed by atoms with Crippen LogP contribution in [-0.2, 0) is 0 Å². The molecule has 0 aromatic heterocycles. The maximum absolute atomic E-state index is 5.45. The van der Waals surface area contributed by atoms with E-state index in [4.69, 9.17) is 5.73 Å². The number of hydrogen-bond donors (Lipinski definition) is 1. The van der Waals surface area contributed by atoms with Gasteiger partial charge in [0.2, 0.25) is 0 Å². The van der Waals surface area contributed by atoms with Crippen molar-refractivity contribution in [2.45, 2.75) is 6.92 Å². The standard InChI is InChI=1S/C10H13N/c1-9(8-11)7-10-5-3-2-4-6-10/h2-7H,8,11H2,1H3. The van der Waals surface area contributed by atoms with Crippen LogP contribution in [0.15, 0.2) is 35.9 Å². The molecule has 0 spiro atoms. The van der Waals surface area contributed by atoms with E-state index in [9.17, 15) is 0 Å². The molecule has 58 valence electrons. The van der Waals surface area contributed by atoms with Crippen LogP contribution in [0.4, 0.5) is 0 Å². The number of rotatable bonds is 2. The lowest BCUT2D eigenvalue weighted by Gasteiger charge is -1.95. The lowest BCUT2D eigenvalue weighted by molar-refractivity contribution is 1.15. The van der Waals surface area contributed by atoms with Crippen molar-refractivity contribution >= 4 is 6.08 Å². The minimum atomic E-state index is 0.634. The largest absolute Gasteiger partial charge is 0.327 e. The molecule has 1 rings (SSSR count). The molecule has 0 amide bonds. The Balaban J connectivity index is 2.79. The summed E-state index contributed by atoms with van der Waals surface area (Å²) in [5.74, 6) is 0. The smallest absolute Gasteiger partial charge is 0.0137 e. The first-order valence-corrected chi connectivity index (χ1v) is 3.75. The highest BCUT2D eigenvalue weighted by Gasteiger charge is 1.85. The van der Waals surface area contributed by atoms with Gasteiger partial charge in [0, 0.05) is 6.54 Å². The van der Waals surface area contributed by atoms with Crippen LogP contribution in [0.2, 0.25) is 0 Å². The zero-order valence-electron chi connectivity index (χ0n) is 6.75. The fourth-order valence-corrected chi connectivity index (χ4v) is 0.893. The van der Waals surface area contributed by atoms with E-state index in [0.717, 1.165) is 0 Å². The van der Waals surface area contributed by atoms with E-state index in [2.05, 4.69) is 18.2 Å². The molecule has 11 heavy (non-hydrogen) atoms. The average molecular weight is 147 g/mol. The van der Waals surface area contributed by atoms with E-state index >= 15 is 0 Å². The molecule has 1 aromatic rings. The highest BCUT2D eigenvalue weighted by atomic mass is 14.5. The van der Waals surface area contributed by atoms with E-state index in [1.165, 1.54) is 11.1 Å². The van der Waals surface area contributed by atoms with Crippen molar-refractivity contribution in [3.05, 3.63) is 41.5 Å². The van der Waals surface area contributed by atoms with Crippen molar-refractivity contribution in [3.8, 4) is 0 Å². The Morgan fingerprint density at radius 2 is 2.00 bits per heavy atom. The Hall–Kier alpha value is -1.08. The number of benzene rings is 1. The van der Waals surface area contributed by atoms with Crippen LogP contribution < -0.4 is 5.73 Å². The van der Waals surface area contributed by atoms with Crippen molar-refractivity contribution in [3.63, 3.8) is 0 Å². The van der Waals surface area contributed by atoms with Gasteiger partial charge in [0.05, 0.1) is 0 Å². The minimum Gasteiger partial charge on any atom is -0.327 e. The van der Waals surface area contributed by atoms with Crippen LogP contribution in [0.25, 0.3) is 6.08 Å². The Labute approximate surface area is 67.5 Å². The summed E-state index contributed by atoms with van der Waals surface area (Å²) >= 11 is 0. The minimum absolute atomic E-state index is 0.634. The second-order valence-corrected chi connectivity index (χ2v) is 2.61. The van der Waals surface area contributed by atoms with Gasteiger partial charge in [-0.25, -0.2) is 0 Å². The van der Waals surface area contributed by atoms with E-state index in [0.29, 0.717) is 6.54 Å². The summed E-state index contributed by atoms with van der Waals surface area (Å²) in [6.45, 7) is 2.67. The predicted molar refractivity (Wildman–Crippen MR) is 49.1 cm³/mol. The summed E-state index contributed by atoms with van der Waals surface area (Å²) in [6.07, 6.45) is 2.10. The normalized spacial score (nSPS) is 11.6. The third-order valence-electron chi connectivity index (χ3n) is 1.53. The first-order chi connectivity index (χ1) is 5.33. The molecule has 1 aromatic carbocycles. The zero-order valence-corrected chi connectivity index (χ0v) is 6.75. The van der Waals surface area contributed by atoms with Crippen LogP contribution >= 0.6 is 0 Å². The van der Waals surface area contributed by atoms with Crippen LogP contribution in [0.1, 0.15) is 12.5 Å². The first kappa shape index (κ1) is 8.02. The van der Waals surface area contributed by atoms with E-state index < -0.39 is 0 Å². The molecule has 0 aliphatic carbocycles. The molecule has 2 N–H and O–H groups in total. The molecule has 0 aliphatic rings. The molecule has 0 saturated heterocycles. The van der Waals surface area contributed by atoms with Crippen LogP contribution in [-0.4, -0.2) is 6.54 Å². The number of nitrogens with two attached hydrogens (primary N) is 1. The van der Waals surface area contributed by atoms with Crippen molar-refractivity contribution in [1.82, 2.24) is 0 Å². The fraction of sp³-hybridized carbons (Fsp3) is 0.200. The lowest BCUT2D eigenvalue weighted by Crippen LogP contribution is -1.98. The molecule has 0 unspecified atom stereocenters. The van der Waals surface area contributed by atoms with E-state index in [1.54, 1.807) is 0 Å². The average Bonchev–Trinajstić information content (AvgIpc) is 2.06. The van der Waals surface area contributed by atoms with Gasteiger partial charge in [-0.1, -0.05) is 42.0 Å². The van der Waals surface area contributed by atoms with Crippen LogP contribution in [0.3, 0.4) is 0 Å². The van der Waals surface area contributed by atoms with Crippen molar-refractivity contribution < 1.29 is 0 Å². The van der Waals surface area contributed by atoms with Crippen molar-refractivity contribution in [1.29, 1.82) is 0 Å². The van der Waals surface area contributed by atoms with Gasteiger partial charge < -0.3 is 5.73 Å². The highest BCUT2D eigenvalue weighted by Crippen LogP contribution is 2.04. The van der Waals surface area contributed by atoms with E-state index in [1.807, 2.05) is 25.1 Å². The molecule has 1 heteroatoms. The Bertz CT molecular complexity index is 236. The summed E-state index contributed by atoms with van der Waals surface area (Å²) in [6, 6.07) is 10.2. The summed E-state index contributed by atoms with van der Waals surface area (Å²) in [4.78, 5) is 0. The second-order valence-electron chi connectivity index (χ2n) is 2.61. The summed E-state index contributed by atoms with van der Waals surface area (Å²) < 4.78 is 0. The van der Waals surface area contributed by atoms with Gasteiger partial charge in [-0.3, -0.25) is 0 Å². The Morgan fingerprint density at radius 1 is 1.36 bits per heavy atom. The molecular weight excluding hydrogens is 134 g/mol. The fourth-order valence-electron chi connectivity index (χ4n) is 0.893. The zero-order chi connectivity index (χ0) is 8.10. The quantitative estimate of drug-likeness (QED) is 0.680. The van der Waals surface area contributed by atoms with Crippen molar-refractivity contribution in [2.75, 3.05) is 6.54 Å². The monoisotopic (exact) mass is 147 g/mol. The second kappa shape index (κ2) is 3.94. The molecule has 0 fully saturated rings. The van der Waals surface area contributed by atoms with Crippen LogP contribution in [0, 0.1) is 0 Å². The maximum Gasteiger partial charge on any atom is 0.0137 e. The Kier molecular flexibility index (Phi) is 2.87. The molecule has 1 nitrogen and oxygen atoms in total. The molecule has 0 radical (unpaired) electrons. The maximum atomic E-state index is 5.45. The topological polar surface area (TPSA) is 26.0 Å². The van der Waals surface area contributed by atoms with Gasteiger partial charge in [0.1, 0.15) is 0 Å². The molecule has 0 heterocycles. The van der Waals surface area contributed by atoms with Gasteiger partial charge in [-0.2, -0.15) is 0 Å². The van der Waals surface area contributed by atoms with Gasteiger partial charge in [-0.15, -0.1) is 0 Å². The lowest BCUT2D eigenvalue weighted by atomic mass is 10.1. The van der Waals surface area contributed by atoms with Gasteiger partial charge in [-0.05, 0) is 12.5 Å². The Morgan fingerprint density at radius 3 is 2.55 bits per heavy atom. The molecule has 0 atom stereocenters. The molecule has 0 aliphatic heterocycles. The van der Waals surface area contributed by atoms with Gasteiger partial charge in [0.15, 0.2) is 0 Å². The summed E-state index contributed by atoms with van der Waals surface area (Å²) in [5, 5.41) is 0. The third-order valence-corrected chi connectivity index (χ3v) is 1.53. The number of hydrogen-bond acceptors (Lipinski definition) is 1. The third kappa shape index (κ3) is 2.56. The SMILES string of the molecule is CC(=Cc1ccccc1)CN. The highest BCUT2D eigenvalue weighted by molar-refractivity contribution is 5.52.